The molecule has 0 spiro atoms. The Balaban J connectivity index is 2.18. The number of nitrogens with zero attached hydrogens (tertiary/aromatic N) is 2. The van der Waals surface area contributed by atoms with Gasteiger partial charge in [0.05, 0.1) is 12.8 Å². The highest BCUT2D eigenvalue weighted by Gasteiger charge is 2.22. The number of methoxy groups -OCH3 is 1. The van der Waals surface area contributed by atoms with Crippen molar-refractivity contribution < 1.29 is 4.74 Å². The normalized spacial score (nSPS) is 20.5. The van der Waals surface area contributed by atoms with Crippen LogP contribution in [0.15, 0.2) is 6.20 Å². The zero-order valence-electron chi connectivity index (χ0n) is 12.3. The third-order valence-corrected chi connectivity index (χ3v) is 4.12. The minimum Gasteiger partial charge on any atom is -0.496 e. The van der Waals surface area contributed by atoms with Crippen molar-refractivity contribution in [2.45, 2.75) is 45.7 Å². The summed E-state index contributed by atoms with van der Waals surface area (Å²) < 4.78 is 5.48. The fourth-order valence-electron chi connectivity index (χ4n) is 2.96. The van der Waals surface area contributed by atoms with Gasteiger partial charge in [0.15, 0.2) is 0 Å². The number of rotatable bonds is 4. The van der Waals surface area contributed by atoms with E-state index in [0.29, 0.717) is 6.04 Å². The average molecular weight is 263 g/mol. The second-order valence-electron chi connectivity index (χ2n) is 5.40. The quantitative estimate of drug-likeness (QED) is 0.903. The van der Waals surface area contributed by atoms with Crippen LogP contribution >= 0.6 is 0 Å². The Morgan fingerprint density at radius 3 is 2.89 bits per heavy atom. The molecule has 2 N–H and O–H groups in total. The van der Waals surface area contributed by atoms with Crippen LogP contribution in [0.2, 0.25) is 0 Å². The van der Waals surface area contributed by atoms with E-state index in [2.05, 4.69) is 16.8 Å². The van der Waals surface area contributed by atoms with Crippen molar-refractivity contribution in [1.29, 1.82) is 0 Å². The zero-order valence-corrected chi connectivity index (χ0v) is 12.3. The van der Waals surface area contributed by atoms with Gasteiger partial charge < -0.3 is 10.5 Å². The van der Waals surface area contributed by atoms with Gasteiger partial charge >= 0.3 is 0 Å². The van der Waals surface area contributed by atoms with Crippen LogP contribution in [0.5, 0.6) is 5.75 Å². The number of piperidine rings is 1. The maximum Gasteiger partial charge on any atom is 0.128 e. The summed E-state index contributed by atoms with van der Waals surface area (Å²) in [5.74, 6) is 0.964. The summed E-state index contributed by atoms with van der Waals surface area (Å²) in [4.78, 5) is 7.05. The molecule has 0 saturated carbocycles. The lowest BCUT2D eigenvalue weighted by Gasteiger charge is -2.35. The van der Waals surface area contributed by atoms with Crippen molar-refractivity contribution in [3.63, 3.8) is 0 Å². The lowest BCUT2D eigenvalue weighted by molar-refractivity contribution is 0.142. The van der Waals surface area contributed by atoms with E-state index in [4.69, 9.17) is 10.5 Å². The SMILES string of the molecule is COc1c(C)cnc(CN2CCCCC2CN)c1C. The fraction of sp³-hybridized carbons (Fsp3) is 0.667. The lowest BCUT2D eigenvalue weighted by Crippen LogP contribution is -2.43. The second-order valence-corrected chi connectivity index (χ2v) is 5.40. The van der Waals surface area contributed by atoms with E-state index >= 15 is 0 Å². The van der Waals surface area contributed by atoms with Crippen molar-refractivity contribution in [2.24, 2.45) is 5.73 Å². The van der Waals surface area contributed by atoms with Gasteiger partial charge in [-0.25, -0.2) is 0 Å². The van der Waals surface area contributed by atoms with Gasteiger partial charge in [0, 0.05) is 36.5 Å². The molecular formula is C15H25N3O. The number of pyridine rings is 1. The molecule has 1 atom stereocenters. The Morgan fingerprint density at radius 1 is 1.42 bits per heavy atom. The number of hydrogen-bond donors (Lipinski definition) is 1. The molecule has 0 amide bonds. The van der Waals surface area contributed by atoms with Crippen molar-refractivity contribution >= 4 is 0 Å². The van der Waals surface area contributed by atoms with Crippen LogP contribution in [-0.2, 0) is 6.54 Å². The molecule has 0 bridgehead atoms. The van der Waals surface area contributed by atoms with Gasteiger partial charge in [-0.15, -0.1) is 0 Å². The van der Waals surface area contributed by atoms with E-state index in [1.807, 2.05) is 13.1 Å². The minimum atomic E-state index is 0.502. The molecule has 19 heavy (non-hydrogen) atoms. The van der Waals surface area contributed by atoms with Crippen LogP contribution in [0.3, 0.4) is 0 Å². The zero-order chi connectivity index (χ0) is 13.8. The largest absolute Gasteiger partial charge is 0.496 e. The maximum absolute atomic E-state index is 5.88. The summed E-state index contributed by atoms with van der Waals surface area (Å²) in [6.07, 6.45) is 5.67. The molecule has 1 fully saturated rings. The van der Waals surface area contributed by atoms with Gasteiger partial charge in [0.2, 0.25) is 0 Å². The van der Waals surface area contributed by atoms with Crippen LogP contribution in [0.25, 0.3) is 0 Å². The van der Waals surface area contributed by atoms with E-state index < -0.39 is 0 Å². The van der Waals surface area contributed by atoms with Crippen LogP contribution in [-0.4, -0.2) is 36.1 Å². The highest BCUT2D eigenvalue weighted by Crippen LogP contribution is 2.26. The molecule has 2 heterocycles. The molecule has 4 heteroatoms. The summed E-state index contributed by atoms with van der Waals surface area (Å²) in [6.45, 7) is 6.87. The number of likely N-dealkylation sites (tertiary alicyclic amines) is 1. The van der Waals surface area contributed by atoms with Crippen molar-refractivity contribution in [1.82, 2.24) is 9.88 Å². The van der Waals surface area contributed by atoms with Gasteiger partial charge in [0.1, 0.15) is 5.75 Å². The highest BCUT2D eigenvalue weighted by molar-refractivity contribution is 5.41. The third kappa shape index (κ3) is 3.07. The van der Waals surface area contributed by atoms with Crippen LogP contribution < -0.4 is 10.5 Å². The number of ether oxygens (including phenoxy) is 1. The predicted molar refractivity (Wildman–Crippen MR) is 77.4 cm³/mol. The predicted octanol–water partition coefficient (Wildman–Crippen LogP) is 2.02. The van der Waals surface area contributed by atoms with Gasteiger partial charge in [0.25, 0.3) is 0 Å². The first kappa shape index (κ1) is 14.3. The monoisotopic (exact) mass is 263 g/mol. The van der Waals surface area contributed by atoms with Gasteiger partial charge in [-0.3, -0.25) is 9.88 Å². The first-order chi connectivity index (χ1) is 9.17. The van der Waals surface area contributed by atoms with E-state index in [-0.39, 0.29) is 0 Å². The Labute approximate surface area is 116 Å². The number of nitrogens with two attached hydrogens (primary N) is 1. The van der Waals surface area contributed by atoms with Gasteiger partial charge in [-0.05, 0) is 33.2 Å². The number of aromatic nitrogens is 1. The Hall–Kier alpha value is -1.13. The Morgan fingerprint density at radius 2 is 2.21 bits per heavy atom. The molecule has 1 aliphatic rings. The van der Waals surface area contributed by atoms with Crippen LogP contribution in [0.4, 0.5) is 0 Å². The topological polar surface area (TPSA) is 51.4 Å². The first-order valence-electron chi connectivity index (χ1n) is 7.10. The van der Waals surface area contributed by atoms with Crippen molar-refractivity contribution in [3.05, 3.63) is 23.0 Å². The van der Waals surface area contributed by atoms with Crippen LogP contribution in [0.1, 0.15) is 36.1 Å². The standard InChI is InChI=1S/C15H25N3O/c1-11-9-17-14(12(2)15(11)19-3)10-18-7-5-4-6-13(18)8-16/h9,13H,4-8,10,16H2,1-3H3. The smallest absolute Gasteiger partial charge is 0.128 e. The summed E-state index contributed by atoms with van der Waals surface area (Å²) in [5, 5.41) is 0. The van der Waals surface area contributed by atoms with Crippen LogP contribution in [0, 0.1) is 13.8 Å². The molecule has 1 saturated heterocycles. The highest BCUT2D eigenvalue weighted by atomic mass is 16.5. The Kier molecular flexibility index (Phi) is 4.77. The third-order valence-electron chi connectivity index (χ3n) is 4.12. The molecule has 2 rings (SSSR count). The van der Waals surface area contributed by atoms with E-state index in [1.54, 1.807) is 7.11 Å². The average Bonchev–Trinajstić information content (AvgIpc) is 2.43. The van der Waals surface area contributed by atoms with Gasteiger partial charge in [-0.2, -0.15) is 0 Å². The molecule has 1 aromatic rings. The first-order valence-corrected chi connectivity index (χ1v) is 7.10. The van der Waals surface area contributed by atoms with Crippen molar-refractivity contribution in [3.8, 4) is 5.75 Å². The molecular weight excluding hydrogens is 238 g/mol. The maximum atomic E-state index is 5.88. The summed E-state index contributed by atoms with van der Waals surface area (Å²) >= 11 is 0. The second kappa shape index (κ2) is 6.35. The molecule has 0 radical (unpaired) electrons. The minimum absolute atomic E-state index is 0.502. The molecule has 106 valence electrons. The summed E-state index contributed by atoms with van der Waals surface area (Å²) in [5.41, 5.74) is 9.24. The Bertz CT molecular complexity index is 434. The van der Waals surface area contributed by atoms with E-state index in [9.17, 15) is 0 Å². The molecule has 1 unspecified atom stereocenters. The molecule has 1 aromatic heterocycles. The molecule has 0 aliphatic carbocycles. The summed E-state index contributed by atoms with van der Waals surface area (Å²) in [7, 11) is 1.72. The molecule has 4 nitrogen and oxygen atoms in total. The van der Waals surface area contributed by atoms with Crippen molar-refractivity contribution in [2.75, 3.05) is 20.2 Å². The van der Waals surface area contributed by atoms with Gasteiger partial charge in [-0.1, -0.05) is 6.42 Å². The van der Waals surface area contributed by atoms with E-state index in [1.165, 1.54) is 19.3 Å². The fourth-order valence-corrected chi connectivity index (χ4v) is 2.96. The summed E-state index contributed by atoms with van der Waals surface area (Å²) in [6, 6.07) is 0.502. The number of hydrogen-bond acceptors (Lipinski definition) is 4. The lowest BCUT2D eigenvalue weighted by atomic mass is 10.0. The van der Waals surface area contributed by atoms with E-state index in [0.717, 1.165) is 42.2 Å². The molecule has 1 aliphatic heterocycles. The number of aryl methyl sites for hydroxylation is 1. The molecule has 0 aromatic carbocycles.